The number of aromatic nitrogens is 2. The molecule has 0 N–H and O–H groups in total. The first-order chi connectivity index (χ1) is 17.2. The van der Waals surface area contributed by atoms with Crippen molar-refractivity contribution in [3.05, 3.63) is 88.3 Å². The van der Waals surface area contributed by atoms with Crippen molar-refractivity contribution < 1.29 is 22.8 Å². The Morgan fingerprint density at radius 1 is 1.11 bits per heavy atom. The van der Waals surface area contributed by atoms with E-state index in [1.165, 1.54) is 18.2 Å². The minimum atomic E-state index is -0.718. The van der Waals surface area contributed by atoms with Crippen molar-refractivity contribution in [3.63, 3.8) is 0 Å². The minimum absolute atomic E-state index is 0.0389. The van der Waals surface area contributed by atoms with Gasteiger partial charge in [0, 0.05) is 42.4 Å². The number of rotatable bonds is 6. The second-order valence-corrected chi connectivity index (χ2v) is 8.93. The third-order valence-corrected chi connectivity index (χ3v) is 6.38. The Labute approximate surface area is 207 Å². The zero-order chi connectivity index (χ0) is 25.8. The molecular formula is C27H27F3N4O2. The number of benzene rings is 2. The van der Waals surface area contributed by atoms with Gasteiger partial charge in [-0.1, -0.05) is 17.3 Å². The predicted octanol–water partition coefficient (Wildman–Crippen LogP) is 5.26. The van der Waals surface area contributed by atoms with E-state index in [1.807, 2.05) is 0 Å². The van der Waals surface area contributed by atoms with Crippen LogP contribution in [0.25, 0.3) is 0 Å². The van der Waals surface area contributed by atoms with Crippen molar-refractivity contribution in [2.24, 2.45) is 5.16 Å². The number of halogens is 3. The van der Waals surface area contributed by atoms with E-state index in [0.29, 0.717) is 48.8 Å². The summed E-state index contributed by atoms with van der Waals surface area (Å²) >= 11 is 0. The fourth-order valence-corrected chi connectivity index (χ4v) is 4.28. The summed E-state index contributed by atoms with van der Waals surface area (Å²) in [6, 6.07) is 7.83. The van der Waals surface area contributed by atoms with Crippen molar-refractivity contribution in [1.82, 2.24) is 14.9 Å². The molecule has 36 heavy (non-hydrogen) atoms. The van der Waals surface area contributed by atoms with Gasteiger partial charge in [0.25, 0.3) is 0 Å². The molecule has 1 aliphatic rings. The number of oxime groups is 1. The number of piperidine rings is 1. The Morgan fingerprint density at radius 3 is 2.50 bits per heavy atom. The number of hydrogen-bond acceptors (Lipinski definition) is 5. The molecule has 6 nitrogen and oxygen atoms in total. The first-order valence-electron chi connectivity index (χ1n) is 11.7. The molecule has 2 aromatic carbocycles. The van der Waals surface area contributed by atoms with Crippen LogP contribution in [0.2, 0.25) is 0 Å². The van der Waals surface area contributed by atoms with E-state index in [2.05, 4.69) is 15.1 Å². The number of aryl methyl sites for hydroxylation is 2. The summed E-state index contributed by atoms with van der Waals surface area (Å²) in [6.07, 6.45) is 2.64. The van der Waals surface area contributed by atoms with Crippen LogP contribution in [0.3, 0.4) is 0 Å². The second kappa shape index (κ2) is 10.9. The molecule has 1 saturated heterocycles. The molecule has 0 radical (unpaired) electrons. The molecule has 9 heteroatoms. The van der Waals surface area contributed by atoms with E-state index in [9.17, 15) is 18.0 Å². The molecule has 1 aliphatic heterocycles. The first-order valence-corrected chi connectivity index (χ1v) is 11.7. The van der Waals surface area contributed by atoms with Crippen LogP contribution >= 0.6 is 0 Å². The topological polar surface area (TPSA) is 67.7 Å². The maximum atomic E-state index is 14.0. The molecule has 0 saturated carbocycles. The van der Waals surface area contributed by atoms with Gasteiger partial charge < -0.3 is 9.74 Å². The molecule has 0 bridgehead atoms. The lowest BCUT2D eigenvalue weighted by atomic mass is 9.89. The molecule has 0 aliphatic carbocycles. The maximum Gasteiger partial charge on any atom is 0.227 e. The number of amides is 1. The summed E-state index contributed by atoms with van der Waals surface area (Å²) in [7, 11) is 0. The summed E-state index contributed by atoms with van der Waals surface area (Å²) in [5.41, 5.74) is 2.60. The predicted molar refractivity (Wildman–Crippen MR) is 129 cm³/mol. The Morgan fingerprint density at radius 2 is 1.81 bits per heavy atom. The molecular weight excluding hydrogens is 469 g/mol. The van der Waals surface area contributed by atoms with Crippen molar-refractivity contribution in [2.45, 2.75) is 46.0 Å². The van der Waals surface area contributed by atoms with Crippen molar-refractivity contribution in [2.75, 3.05) is 13.1 Å². The quantitative estimate of drug-likeness (QED) is 0.345. The third kappa shape index (κ3) is 5.72. The lowest BCUT2D eigenvalue weighted by molar-refractivity contribution is -0.131. The van der Waals surface area contributed by atoms with Gasteiger partial charge in [-0.25, -0.2) is 23.1 Å². The van der Waals surface area contributed by atoms with E-state index >= 15 is 0 Å². The van der Waals surface area contributed by atoms with Gasteiger partial charge in [-0.15, -0.1) is 0 Å². The summed E-state index contributed by atoms with van der Waals surface area (Å²) in [5, 5.41) is 4.19. The van der Waals surface area contributed by atoms with Crippen LogP contribution in [-0.2, 0) is 11.2 Å². The monoisotopic (exact) mass is 496 g/mol. The average molecular weight is 497 g/mol. The summed E-state index contributed by atoms with van der Waals surface area (Å²) in [6.45, 7) is 6.26. The summed E-state index contributed by atoms with van der Waals surface area (Å²) in [4.78, 5) is 28.8. The lowest BCUT2D eigenvalue weighted by Gasteiger charge is -2.32. The zero-order valence-corrected chi connectivity index (χ0v) is 20.4. The van der Waals surface area contributed by atoms with Crippen LogP contribution in [0.5, 0.6) is 5.75 Å². The van der Waals surface area contributed by atoms with E-state index in [0.717, 1.165) is 23.4 Å². The normalized spacial score (nSPS) is 14.7. The number of nitrogens with zero attached hydrogens (tertiary/aromatic N) is 4. The molecule has 0 atom stereocenters. The zero-order valence-electron chi connectivity index (χ0n) is 20.4. The highest BCUT2D eigenvalue weighted by atomic mass is 19.1. The number of carbonyl (C=O) groups is 1. The standard InChI is InChI=1S/C27H27F3N4O2/c1-16-7-8-20(28)13-25(16)36-33-17(2)22-15-31-18(3)32-27(22)19-9-11-34(12-10-19)26(35)14-21-23(29)5-4-6-24(21)30/h4-8,13,15,19H,9-12,14H2,1-3H3/b33-17+. The molecule has 1 amide bonds. The summed E-state index contributed by atoms with van der Waals surface area (Å²) in [5.74, 6) is -1.19. The minimum Gasteiger partial charge on any atom is -0.356 e. The van der Waals surface area contributed by atoms with E-state index in [4.69, 9.17) is 4.84 Å². The van der Waals surface area contributed by atoms with Crippen molar-refractivity contribution in [3.8, 4) is 5.75 Å². The molecule has 0 unspecified atom stereocenters. The Kier molecular flexibility index (Phi) is 7.67. The van der Waals surface area contributed by atoms with Crippen LogP contribution < -0.4 is 4.84 Å². The van der Waals surface area contributed by atoms with Gasteiger partial charge in [0.2, 0.25) is 5.91 Å². The van der Waals surface area contributed by atoms with Crippen LogP contribution in [0.1, 0.15) is 53.9 Å². The molecule has 1 aromatic heterocycles. The highest BCUT2D eigenvalue weighted by Crippen LogP contribution is 2.30. The van der Waals surface area contributed by atoms with E-state index in [-0.39, 0.29) is 23.8 Å². The Bertz CT molecular complexity index is 1280. The number of likely N-dealkylation sites (tertiary alicyclic amines) is 1. The largest absolute Gasteiger partial charge is 0.356 e. The first kappa shape index (κ1) is 25.3. The van der Waals surface area contributed by atoms with Gasteiger partial charge in [0.05, 0.1) is 17.8 Å². The van der Waals surface area contributed by atoms with Crippen molar-refractivity contribution >= 4 is 11.6 Å². The maximum absolute atomic E-state index is 14.0. The lowest BCUT2D eigenvalue weighted by Crippen LogP contribution is -2.39. The van der Waals surface area contributed by atoms with Crippen LogP contribution in [0.15, 0.2) is 47.8 Å². The molecule has 1 fully saturated rings. The number of hydrogen-bond donors (Lipinski definition) is 0. The number of carbonyl (C=O) groups excluding carboxylic acids is 1. The highest BCUT2D eigenvalue weighted by molar-refractivity contribution is 5.99. The highest BCUT2D eigenvalue weighted by Gasteiger charge is 2.28. The smallest absolute Gasteiger partial charge is 0.227 e. The third-order valence-electron chi connectivity index (χ3n) is 6.38. The van der Waals surface area contributed by atoms with Crippen LogP contribution in [0, 0.1) is 31.3 Å². The molecule has 0 spiro atoms. The molecule has 3 aromatic rings. The van der Waals surface area contributed by atoms with Crippen molar-refractivity contribution in [1.29, 1.82) is 0 Å². The van der Waals surface area contributed by atoms with Crippen LogP contribution in [0.4, 0.5) is 13.2 Å². The Balaban J connectivity index is 1.46. The van der Waals surface area contributed by atoms with E-state index < -0.39 is 17.5 Å². The molecule has 4 rings (SSSR count). The molecule has 2 heterocycles. The van der Waals surface area contributed by atoms with Gasteiger partial charge >= 0.3 is 0 Å². The fraction of sp³-hybridized carbons (Fsp3) is 0.333. The molecule has 188 valence electrons. The Hall–Kier alpha value is -3.75. The van der Waals surface area contributed by atoms with E-state index in [1.54, 1.807) is 37.9 Å². The van der Waals surface area contributed by atoms with Crippen LogP contribution in [-0.4, -0.2) is 39.6 Å². The fourth-order valence-electron chi connectivity index (χ4n) is 4.28. The second-order valence-electron chi connectivity index (χ2n) is 8.93. The van der Waals surface area contributed by atoms with Gasteiger partial charge in [0.1, 0.15) is 23.3 Å². The van der Waals surface area contributed by atoms with Gasteiger partial charge in [0.15, 0.2) is 5.75 Å². The van der Waals surface area contributed by atoms with Gasteiger partial charge in [-0.3, -0.25) is 4.79 Å². The SMILES string of the molecule is C/C(=N\Oc1cc(F)ccc1C)c1cnc(C)nc1C1CCN(C(=O)Cc2c(F)cccc2F)CC1. The average Bonchev–Trinajstić information content (AvgIpc) is 2.86. The summed E-state index contributed by atoms with van der Waals surface area (Å²) < 4.78 is 41.5. The van der Waals surface area contributed by atoms with Gasteiger partial charge in [-0.05, 0) is 57.4 Å². The van der Waals surface area contributed by atoms with Gasteiger partial charge in [-0.2, -0.15) is 0 Å².